The van der Waals surface area contributed by atoms with E-state index in [4.69, 9.17) is 5.73 Å². The summed E-state index contributed by atoms with van der Waals surface area (Å²) in [4.78, 5) is 0. The Bertz CT molecular complexity index is 359. The van der Waals surface area contributed by atoms with Crippen molar-refractivity contribution in [3.05, 3.63) is 35.4 Å². The smallest absolute Gasteiger partial charge is 0.0691 e. The summed E-state index contributed by atoms with van der Waals surface area (Å²) in [7, 11) is 0. The summed E-state index contributed by atoms with van der Waals surface area (Å²) in [5, 5.41) is 10.6. The Balaban J connectivity index is 2.37. The van der Waals surface area contributed by atoms with Crippen molar-refractivity contribution >= 4 is 0 Å². The Hall–Kier alpha value is -0.860. The lowest BCUT2D eigenvalue weighted by Crippen LogP contribution is -2.51. The van der Waals surface area contributed by atoms with E-state index in [0.717, 1.165) is 19.3 Å². The van der Waals surface area contributed by atoms with Gasteiger partial charge in [-0.3, -0.25) is 0 Å². The van der Waals surface area contributed by atoms with E-state index in [-0.39, 0.29) is 5.41 Å². The van der Waals surface area contributed by atoms with Crippen LogP contribution < -0.4 is 5.73 Å². The molecular weight excluding hydrogens is 198 g/mol. The van der Waals surface area contributed by atoms with E-state index in [1.807, 2.05) is 13.8 Å². The number of fused-ring (bicyclic) bond motifs is 1. The summed E-state index contributed by atoms with van der Waals surface area (Å²) < 4.78 is 0. The third-order valence-electron chi connectivity index (χ3n) is 4.40. The third kappa shape index (κ3) is 1.57. The highest BCUT2D eigenvalue weighted by Crippen LogP contribution is 2.45. The van der Waals surface area contributed by atoms with Crippen molar-refractivity contribution in [1.82, 2.24) is 0 Å². The van der Waals surface area contributed by atoms with Crippen LogP contribution in [0, 0.1) is 5.41 Å². The quantitative estimate of drug-likeness (QED) is 0.815. The average Bonchev–Trinajstić information content (AvgIpc) is 2.69. The molecule has 0 aromatic heterocycles. The van der Waals surface area contributed by atoms with E-state index >= 15 is 0 Å². The van der Waals surface area contributed by atoms with Crippen LogP contribution in [0.3, 0.4) is 0 Å². The molecule has 0 saturated carbocycles. The molecule has 2 nitrogen and oxygen atoms in total. The maximum atomic E-state index is 10.6. The van der Waals surface area contributed by atoms with Crippen LogP contribution in [-0.2, 0) is 12.8 Å². The first kappa shape index (κ1) is 11.6. The Morgan fingerprint density at radius 1 is 1.31 bits per heavy atom. The molecule has 1 unspecified atom stereocenters. The van der Waals surface area contributed by atoms with Crippen LogP contribution in [0.25, 0.3) is 0 Å². The van der Waals surface area contributed by atoms with E-state index in [1.165, 1.54) is 11.1 Å². The van der Waals surface area contributed by atoms with Gasteiger partial charge in [-0.2, -0.15) is 0 Å². The van der Waals surface area contributed by atoms with Gasteiger partial charge in [0, 0.05) is 12.0 Å². The van der Waals surface area contributed by atoms with E-state index < -0.39 is 5.60 Å². The molecule has 1 aliphatic rings. The Kier molecular flexibility index (Phi) is 2.81. The summed E-state index contributed by atoms with van der Waals surface area (Å²) in [6, 6.07) is 8.43. The molecule has 0 heterocycles. The van der Waals surface area contributed by atoms with Gasteiger partial charge in [0.25, 0.3) is 0 Å². The van der Waals surface area contributed by atoms with Crippen LogP contribution in [-0.4, -0.2) is 17.3 Å². The van der Waals surface area contributed by atoms with Crippen molar-refractivity contribution in [2.24, 2.45) is 11.1 Å². The molecular formula is C14H21NO. The molecule has 0 bridgehead atoms. The van der Waals surface area contributed by atoms with Gasteiger partial charge in [-0.25, -0.2) is 0 Å². The van der Waals surface area contributed by atoms with Crippen LogP contribution in [0.5, 0.6) is 0 Å². The number of rotatable bonds is 3. The Morgan fingerprint density at radius 3 is 2.19 bits per heavy atom. The Morgan fingerprint density at radius 2 is 1.81 bits per heavy atom. The molecule has 0 fully saturated rings. The first-order chi connectivity index (χ1) is 7.54. The van der Waals surface area contributed by atoms with Crippen LogP contribution >= 0.6 is 0 Å². The molecule has 3 N–H and O–H groups in total. The molecule has 0 aliphatic heterocycles. The summed E-state index contributed by atoms with van der Waals surface area (Å²) >= 11 is 0. The second kappa shape index (κ2) is 3.86. The molecule has 1 aliphatic carbocycles. The number of hydrogen-bond acceptors (Lipinski definition) is 2. The molecule has 2 heteroatoms. The fraction of sp³-hybridized carbons (Fsp3) is 0.571. The van der Waals surface area contributed by atoms with E-state index in [9.17, 15) is 5.11 Å². The Labute approximate surface area is 97.5 Å². The van der Waals surface area contributed by atoms with Crippen LogP contribution in [0.2, 0.25) is 0 Å². The van der Waals surface area contributed by atoms with Crippen LogP contribution in [0.15, 0.2) is 24.3 Å². The molecule has 88 valence electrons. The van der Waals surface area contributed by atoms with Crippen molar-refractivity contribution in [1.29, 1.82) is 0 Å². The molecule has 1 aromatic carbocycles. The maximum Gasteiger partial charge on any atom is 0.0691 e. The van der Waals surface area contributed by atoms with Gasteiger partial charge in [-0.15, -0.1) is 0 Å². The van der Waals surface area contributed by atoms with E-state index in [1.54, 1.807) is 0 Å². The minimum absolute atomic E-state index is 0.175. The lowest BCUT2D eigenvalue weighted by atomic mass is 9.69. The maximum absolute atomic E-state index is 10.6. The highest BCUT2D eigenvalue weighted by Gasteiger charge is 2.48. The lowest BCUT2D eigenvalue weighted by Gasteiger charge is -2.41. The largest absolute Gasteiger partial charge is 0.390 e. The number of aliphatic hydroxyl groups is 1. The van der Waals surface area contributed by atoms with Crippen LogP contribution in [0.1, 0.15) is 31.4 Å². The van der Waals surface area contributed by atoms with Gasteiger partial charge in [0.15, 0.2) is 0 Å². The number of hydrogen-bond donors (Lipinski definition) is 2. The highest BCUT2D eigenvalue weighted by molar-refractivity contribution is 5.36. The van der Waals surface area contributed by atoms with Gasteiger partial charge in [0.05, 0.1) is 5.60 Å². The van der Waals surface area contributed by atoms with Gasteiger partial charge in [0.2, 0.25) is 0 Å². The fourth-order valence-electron chi connectivity index (χ4n) is 2.81. The first-order valence-electron chi connectivity index (χ1n) is 6.04. The molecule has 0 amide bonds. The lowest BCUT2D eigenvalue weighted by molar-refractivity contribution is -0.0639. The summed E-state index contributed by atoms with van der Waals surface area (Å²) in [6.07, 6.45) is 2.55. The monoisotopic (exact) mass is 219 g/mol. The topological polar surface area (TPSA) is 46.2 Å². The van der Waals surface area contributed by atoms with Crippen molar-refractivity contribution in [2.45, 2.75) is 38.7 Å². The predicted molar refractivity (Wildman–Crippen MR) is 66.3 cm³/mol. The molecule has 0 radical (unpaired) electrons. The third-order valence-corrected chi connectivity index (χ3v) is 4.40. The first-order valence-corrected chi connectivity index (χ1v) is 6.04. The summed E-state index contributed by atoms with van der Waals surface area (Å²) in [5.41, 5.74) is 7.79. The zero-order valence-corrected chi connectivity index (χ0v) is 10.2. The average molecular weight is 219 g/mol. The molecule has 1 atom stereocenters. The molecule has 2 rings (SSSR count). The van der Waals surface area contributed by atoms with Crippen molar-refractivity contribution in [3.8, 4) is 0 Å². The van der Waals surface area contributed by atoms with Crippen molar-refractivity contribution in [2.75, 3.05) is 6.54 Å². The van der Waals surface area contributed by atoms with Gasteiger partial charge in [-0.05, 0) is 37.3 Å². The second-order valence-electron chi connectivity index (χ2n) is 5.23. The van der Waals surface area contributed by atoms with Crippen LogP contribution in [0.4, 0.5) is 0 Å². The second-order valence-corrected chi connectivity index (χ2v) is 5.23. The summed E-state index contributed by atoms with van der Waals surface area (Å²) in [5.74, 6) is 0. The highest BCUT2D eigenvalue weighted by atomic mass is 16.3. The van der Waals surface area contributed by atoms with E-state index in [2.05, 4.69) is 24.3 Å². The zero-order valence-electron chi connectivity index (χ0n) is 10.2. The zero-order chi connectivity index (χ0) is 11.8. The van der Waals surface area contributed by atoms with Gasteiger partial charge >= 0.3 is 0 Å². The minimum Gasteiger partial charge on any atom is -0.390 e. The van der Waals surface area contributed by atoms with Gasteiger partial charge in [0.1, 0.15) is 0 Å². The van der Waals surface area contributed by atoms with Crippen molar-refractivity contribution in [3.63, 3.8) is 0 Å². The molecule has 1 aromatic rings. The summed E-state index contributed by atoms with van der Waals surface area (Å²) in [6.45, 7) is 4.49. The standard InChI is InChI=1S/C14H21NO/c1-3-13(2,16)14(10-15)8-11-6-4-5-7-12(11)9-14/h4-7,16H,3,8-10,15H2,1-2H3. The van der Waals surface area contributed by atoms with Gasteiger partial charge in [-0.1, -0.05) is 31.2 Å². The number of nitrogens with two attached hydrogens (primary N) is 1. The molecule has 0 saturated heterocycles. The minimum atomic E-state index is -0.680. The molecule has 16 heavy (non-hydrogen) atoms. The number of benzene rings is 1. The predicted octanol–water partition coefficient (Wildman–Crippen LogP) is 1.89. The fourth-order valence-corrected chi connectivity index (χ4v) is 2.81. The molecule has 0 spiro atoms. The van der Waals surface area contributed by atoms with Crippen molar-refractivity contribution < 1.29 is 5.11 Å². The SMILES string of the molecule is CCC(C)(O)C1(CN)Cc2ccccc2C1. The van der Waals surface area contributed by atoms with Gasteiger partial charge < -0.3 is 10.8 Å². The van der Waals surface area contributed by atoms with E-state index in [0.29, 0.717) is 6.54 Å². The normalized spacial score (nSPS) is 21.5.